The summed E-state index contributed by atoms with van der Waals surface area (Å²) < 4.78 is 29.3. The van der Waals surface area contributed by atoms with Gasteiger partial charge in [0.2, 0.25) is 5.89 Å². The quantitative estimate of drug-likeness (QED) is 0.786. The number of sulfone groups is 1. The minimum Gasteiger partial charge on any atom is -0.384 e. The highest BCUT2D eigenvalue weighted by molar-refractivity contribution is 7.90. The molecule has 1 N–H and O–H groups in total. The van der Waals surface area contributed by atoms with Crippen LogP contribution >= 0.6 is 0 Å². The van der Waals surface area contributed by atoms with Crippen LogP contribution in [0.25, 0.3) is 0 Å². The number of aromatic nitrogens is 2. The summed E-state index contributed by atoms with van der Waals surface area (Å²) in [4.78, 5) is 5.13. The normalized spacial score (nSPS) is 29.8. The van der Waals surface area contributed by atoms with Crippen LogP contribution in [0.5, 0.6) is 0 Å². The van der Waals surface area contributed by atoms with E-state index in [0.29, 0.717) is 10.8 Å². The Kier molecular flexibility index (Phi) is 4.09. The van der Waals surface area contributed by atoms with E-state index in [1.165, 1.54) is 19.1 Å². The molecule has 28 heavy (non-hydrogen) atoms. The van der Waals surface area contributed by atoms with Crippen LogP contribution in [0.1, 0.15) is 69.0 Å². The molecule has 4 fully saturated rings. The second-order valence-corrected chi connectivity index (χ2v) is 11.2. The maximum Gasteiger partial charge on any atom is 0.232 e. The number of anilines is 1. The lowest BCUT2D eigenvalue weighted by molar-refractivity contribution is 0.0322. The SMILES string of the molecule is CS(=O)(=O)c1cccc(NCC23CCC(c4nc(C5CC5)no4)(CC2)CC3)c1. The van der Waals surface area contributed by atoms with Gasteiger partial charge in [0.1, 0.15) is 0 Å². The Balaban J connectivity index is 1.25. The maximum atomic E-state index is 11.8. The van der Waals surface area contributed by atoms with E-state index >= 15 is 0 Å². The predicted octanol–water partition coefficient (Wildman–Crippen LogP) is 4.05. The van der Waals surface area contributed by atoms with Crippen molar-refractivity contribution in [3.63, 3.8) is 0 Å². The molecule has 0 atom stereocenters. The smallest absolute Gasteiger partial charge is 0.232 e. The van der Waals surface area contributed by atoms with Crippen molar-refractivity contribution < 1.29 is 12.9 Å². The zero-order valence-electron chi connectivity index (χ0n) is 16.3. The van der Waals surface area contributed by atoms with Gasteiger partial charge in [0.25, 0.3) is 0 Å². The van der Waals surface area contributed by atoms with Gasteiger partial charge < -0.3 is 9.84 Å². The molecule has 6 nitrogen and oxygen atoms in total. The Morgan fingerprint density at radius 1 is 1.14 bits per heavy atom. The van der Waals surface area contributed by atoms with E-state index in [-0.39, 0.29) is 10.8 Å². The lowest BCUT2D eigenvalue weighted by Gasteiger charge is -2.52. The van der Waals surface area contributed by atoms with Gasteiger partial charge in [-0.1, -0.05) is 11.2 Å². The standard InChI is InChI=1S/C21H27N3O3S/c1-28(25,26)17-4-2-3-16(13-17)22-14-20-7-10-21(11-8-20,12-9-20)19-23-18(24-27-19)15-5-6-15/h2-4,13,15,22H,5-12,14H2,1H3. The average Bonchev–Trinajstić information content (AvgIpc) is 3.44. The van der Waals surface area contributed by atoms with Gasteiger partial charge in [0, 0.05) is 29.8 Å². The molecule has 4 aliphatic carbocycles. The number of hydrogen-bond acceptors (Lipinski definition) is 6. The lowest BCUT2D eigenvalue weighted by atomic mass is 9.53. The molecule has 1 aromatic carbocycles. The van der Waals surface area contributed by atoms with Crippen molar-refractivity contribution in [2.24, 2.45) is 5.41 Å². The molecule has 0 radical (unpaired) electrons. The van der Waals surface area contributed by atoms with Gasteiger partial charge in [0.05, 0.1) is 4.90 Å². The number of benzene rings is 1. The first-order valence-electron chi connectivity index (χ1n) is 10.3. The second kappa shape index (κ2) is 6.31. The van der Waals surface area contributed by atoms with Gasteiger partial charge in [-0.05, 0) is 75.0 Å². The van der Waals surface area contributed by atoms with Crippen LogP contribution in [0.4, 0.5) is 5.69 Å². The van der Waals surface area contributed by atoms with Crippen LogP contribution in [-0.4, -0.2) is 31.4 Å². The molecule has 0 unspecified atom stereocenters. The van der Waals surface area contributed by atoms with Gasteiger partial charge in [-0.3, -0.25) is 0 Å². The summed E-state index contributed by atoms with van der Waals surface area (Å²) in [5, 5.41) is 7.74. The first-order valence-corrected chi connectivity index (χ1v) is 12.1. The number of nitrogens with zero attached hydrogens (tertiary/aromatic N) is 2. The van der Waals surface area contributed by atoms with Crippen molar-refractivity contribution in [3.05, 3.63) is 36.0 Å². The third kappa shape index (κ3) is 3.23. The molecule has 0 amide bonds. The fourth-order valence-corrected chi connectivity index (χ4v) is 5.60. The van der Waals surface area contributed by atoms with E-state index in [1.54, 1.807) is 18.2 Å². The van der Waals surface area contributed by atoms with Crippen molar-refractivity contribution in [2.45, 2.75) is 67.6 Å². The summed E-state index contributed by atoms with van der Waals surface area (Å²) in [5.74, 6) is 2.32. The molecule has 1 heterocycles. The van der Waals surface area contributed by atoms with E-state index in [2.05, 4.69) is 10.5 Å². The zero-order chi connectivity index (χ0) is 19.4. The van der Waals surface area contributed by atoms with Gasteiger partial charge in [-0.2, -0.15) is 4.98 Å². The molecule has 6 rings (SSSR count). The van der Waals surface area contributed by atoms with E-state index < -0.39 is 9.84 Å². The minimum atomic E-state index is -3.18. The number of nitrogens with one attached hydrogen (secondary N) is 1. The molecule has 7 heteroatoms. The van der Waals surface area contributed by atoms with Crippen LogP contribution in [0.2, 0.25) is 0 Å². The van der Waals surface area contributed by atoms with Crippen LogP contribution < -0.4 is 5.32 Å². The molecule has 4 saturated carbocycles. The molecule has 2 aromatic rings. The molecule has 0 spiro atoms. The Morgan fingerprint density at radius 3 is 2.50 bits per heavy atom. The highest BCUT2D eigenvalue weighted by Gasteiger charge is 2.52. The van der Waals surface area contributed by atoms with Crippen LogP contribution in [0, 0.1) is 5.41 Å². The molecule has 2 bridgehead atoms. The summed E-state index contributed by atoms with van der Waals surface area (Å²) in [6, 6.07) is 7.13. The van der Waals surface area contributed by atoms with Gasteiger partial charge in [-0.25, -0.2) is 8.42 Å². The van der Waals surface area contributed by atoms with E-state index in [4.69, 9.17) is 9.51 Å². The first-order chi connectivity index (χ1) is 13.4. The average molecular weight is 402 g/mol. The second-order valence-electron chi connectivity index (χ2n) is 9.17. The monoisotopic (exact) mass is 401 g/mol. The Hall–Kier alpha value is -1.89. The van der Waals surface area contributed by atoms with Crippen LogP contribution in [-0.2, 0) is 15.3 Å². The number of fused-ring (bicyclic) bond motifs is 3. The third-order valence-corrected chi connectivity index (χ3v) is 8.28. The molecule has 150 valence electrons. The summed E-state index contributed by atoms with van der Waals surface area (Å²) in [7, 11) is -3.18. The maximum absolute atomic E-state index is 11.8. The molecule has 4 aliphatic rings. The molecular formula is C21H27N3O3S. The molecule has 0 aliphatic heterocycles. The van der Waals surface area contributed by atoms with Crippen molar-refractivity contribution in [2.75, 3.05) is 18.1 Å². The summed E-state index contributed by atoms with van der Waals surface area (Å²) in [6.45, 7) is 0.882. The number of rotatable bonds is 6. The molecular weight excluding hydrogens is 374 g/mol. The summed E-state index contributed by atoms with van der Waals surface area (Å²) >= 11 is 0. The predicted molar refractivity (Wildman–Crippen MR) is 106 cm³/mol. The third-order valence-electron chi connectivity index (χ3n) is 7.17. The van der Waals surface area contributed by atoms with Crippen LogP contribution in [0.15, 0.2) is 33.7 Å². The van der Waals surface area contributed by atoms with Crippen LogP contribution in [0.3, 0.4) is 0 Å². The number of hydrogen-bond donors (Lipinski definition) is 1. The molecule has 1 aromatic heterocycles. The highest BCUT2D eigenvalue weighted by atomic mass is 32.2. The Morgan fingerprint density at radius 2 is 1.86 bits per heavy atom. The lowest BCUT2D eigenvalue weighted by Crippen LogP contribution is -2.47. The largest absolute Gasteiger partial charge is 0.384 e. The van der Waals surface area contributed by atoms with Crippen molar-refractivity contribution in [3.8, 4) is 0 Å². The Bertz CT molecular complexity index is 969. The van der Waals surface area contributed by atoms with E-state index in [0.717, 1.165) is 62.5 Å². The van der Waals surface area contributed by atoms with E-state index in [1.807, 2.05) is 6.07 Å². The zero-order valence-corrected chi connectivity index (χ0v) is 17.1. The van der Waals surface area contributed by atoms with Gasteiger partial charge >= 0.3 is 0 Å². The Labute approximate surface area is 166 Å². The van der Waals surface area contributed by atoms with E-state index in [9.17, 15) is 8.42 Å². The summed E-state index contributed by atoms with van der Waals surface area (Å²) in [6.07, 6.45) is 10.4. The van der Waals surface area contributed by atoms with Gasteiger partial charge in [0.15, 0.2) is 15.7 Å². The molecule has 0 saturated heterocycles. The topological polar surface area (TPSA) is 85.1 Å². The summed E-state index contributed by atoms with van der Waals surface area (Å²) in [5.41, 5.74) is 1.24. The van der Waals surface area contributed by atoms with Gasteiger partial charge in [-0.15, -0.1) is 0 Å². The van der Waals surface area contributed by atoms with Crippen molar-refractivity contribution in [1.82, 2.24) is 10.1 Å². The first kappa shape index (κ1) is 18.2. The highest BCUT2D eigenvalue weighted by Crippen LogP contribution is 2.57. The van der Waals surface area contributed by atoms with Crippen molar-refractivity contribution in [1.29, 1.82) is 0 Å². The van der Waals surface area contributed by atoms with Crippen molar-refractivity contribution >= 4 is 15.5 Å². The fraction of sp³-hybridized carbons (Fsp3) is 0.619. The minimum absolute atomic E-state index is 0.0814. The fourth-order valence-electron chi connectivity index (χ4n) is 4.93.